The zero-order valence-electron chi connectivity index (χ0n) is 17.4. The summed E-state index contributed by atoms with van der Waals surface area (Å²) in [6.07, 6.45) is 7.57. The predicted molar refractivity (Wildman–Crippen MR) is 110 cm³/mol. The molecule has 1 aliphatic heterocycles. The number of nitrogens with zero attached hydrogens (tertiary/aromatic N) is 3. The standard InChI is InChI=1S/C23H30N4O2/c1-3-19-24-20(26-25-19)18-14-27(15-22(18)10-4-5-11-22)21(28)23(12-13-23)16-6-8-17(29-2)9-7-16/h6-9,18H,3-5,10-15H2,1-2H3,(H,24,25,26). The molecular weight excluding hydrogens is 364 g/mol. The SMILES string of the molecule is CCc1nc(C2CN(C(=O)C3(c4ccc(OC)cc4)CC3)CC23CCCC3)n[nH]1. The number of benzene rings is 1. The molecule has 1 unspecified atom stereocenters. The second-order valence-corrected chi connectivity index (χ2v) is 9.11. The van der Waals surface area contributed by atoms with Crippen LogP contribution in [0.3, 0.4) is 0 Å². The van der Waals surface area contributed by atoms with Crippen molar-refractivity contribution >= 4 is 5.91 Å². The minimum atomic E-state index is -0.339. The average molecular weight is 395 g/mol. The van der Waals surface area contributed by atoms with Crippen LogP contribution in [0, 0.1) is 5.41 Å². The zero-order chi connectivity index (χ0) is 20.1. The normalized spacial score (nSPS) is 24.2. The lowest BCUT2D eigenvalue weighted by Gasteiger charge is -2.28. The molecule has 6 nitrogen and oxygen atoms in total. The maximum Gasteiger partial charge on any atom is 0.233 e. The van der Waals surface area contributed by atoms with Crippen LogP contribution >= 0.6 is 0 Å². The Hall–Kier alpha value is -2.37. The summed E-state index contributed by atoms with van der Waals surface area (Å²) < 4.78 is 5.29. The predicted octanol–water partition coefficient (Wildman–Crippen LogP) is 3.59. The number of rotatable bonds is 5. The van der Waals surface area contributed by atoms with E-state index in [2.05, 4.69) is 34.2 Å². The molecule has 0 radical (unpaired) electrons. The summed E-state index contributed by atoms with van der Waals surface area (Å²) in [6.45, 7) is 3.69. The van der Waals surface area contributed by atoms with Crippen LogP contribution in [0.25, 0.3) is 0 Å². The number of aryl methyl sites for hydroxylation is 1. The van der Waals surface area contributed by atoms with E-state index in [1.54, 1.807) is 7.11 Å². The number of nitrogens with one attached hydrogen (secondary N) is 1. The summed E-state index contributed by atoms with van der Waals surface area (Å²) in [5, 5.41) is 7.63. The number of H-pyrrole nitrogens is 1. The van der Waals surface area contributed by atoms with E-state index in [0.717, 1.165) is 55.3 Å². The van der Waals surface area contributed by atoms with Crippen molar-refractivity contribution in [3.63, 3.8) is 0 Å². The van der Waals surface area contributed by atoms with Gasteiger partial charge in [0.1, 0.15) is 11.6 Å². The molecule has 154 valence electrons. The molecule has 2 aliphatic carbocycles. The molecule has 1 aromatic heterocycles. The molecule has 3 aliphatic rings. The van der Waals surface area contributed by atoms with Crippen LogP contribution < -0.4 is 4.74 Å². The lowest BCUT2D eigenvalue weighted by atomic mass is 9.76. The fourth-order valence-corrected chi connectivity index (χ4v) is 5.65. The molecule has 29 heavy (non-hydrogen) atoms. The van der Waals surface area contributed by atoms with E-state index in [-0.39, 0.29) is 16.7 Å². The average Bonchev–Trinajstić information content (AvgIpc) is 3.11. The maximum absolute atomic E-state index is 13.7. The molecule has 1 amide bonds. The van der Waals surface area contributed by atoms with Gasteiger partial charge in [-0.2, -0.15) is 5.10 Å². The van der Waals surface area contributed by atoms with E-state index >= 15 is 0 Å². The van der Waals surface area contributed by atoms with Gasteiger partial charge in [-0.05, 0) is 48.8 Å². The molecule has 1 N–H and O–H groups in total. The lowest BCUT2D eigenvalue weighted by molar-refractivity contribution is -0.133. The number of aromatic amines is 1. The van der Waals surface area contributed by atoms with Crippen molar-refractivity contribution in [1.82, 2.24) is 20.1 Å². The number of hydrogen-bond donors (Lipinski definition) is 1. The van der Waals surface area contributed by atoms with Gasteiger partial charge in [-0.25, -0.2) is 4.98 Å². The lowest BCUT2D eigenvalue weighted by Crippen LogP contribution is -2.39. The van der Waals surface area contributed by atoms with E-state index in [1.807, 2.05) is 12.1 Å². The van der Waals surface area contributed by atoms with Crippen LogP contribution in [0.2, 0.25) is 0 Å². The highest BCUT2D eigenvalue weighted by atomic mass is 16.5. The Bertz CT molecular complexity index is 894. The van der Waals surface area contributed by atoms with E-state index in [9.17, 15) is 4.79 Å². The molecule has 3 fully saturated rings. The van der Waals surface area contributed by atoms with Crippen molar-refractivity contribution in [3.8, 4) is 5.75 Å². The van der Waals surface area contributed by atoms with Crippen LogP contribution in [0.5, 0.6) is 5.75 Å². The third-order valence-corrected chi connectivity index (χ3v) is 7.53. The van der Waals surface area contributed by atoms with Gasteiger partial charge in [0.2, 0.25) is 5.91 Å². The van der Waals surface area contributed by atoms with Crippen LogP contribution in [-0.2, 0) is 16.6 Å². The van der Waals surface area contributed by atoms with Crippen LogP contribution in [0.15, 0.2) is 24.3 Å². The minimum Gasteiger partial charge on any atom is -0.497 e. The molecule has 2 saturated carbocycles. The van der Waals surface area contributed by atoms with Crippen LogP contribution in [0.4, 0.5) is 0 Å². The molecule has 1 atom stereocenters. The van der Waals surface area contributed by atoms with Crippen molar-refractivity contribution < 1.29 is 9.53 Å². The number of aromatic nitrogens is 3. The molecule has 2 heterocycles. The maximum atomic E-state index is 13.7. The third-order valence-electron chi connectivity index (χ3n) is 7.53. The number of methoxy groups -OCH3 is 1. The highest BCUT2D eigenvalue weighted by molar-refractivity contribution is 5.91. The molecule has 1 spiro atoms. The molecule has 6 heteroatoms. The third kappa shape index (κ3) is 2.95. The first-order chi connectivity index (χ1) is 14.1. The first kappa shape index (κ1) is 18.6. The summed E-state index contributed by atoms with van der Waals surface area (Å²) in [4.78, 5) is 20.6. The van der Waals surface area contributed by atoms with Gasteiger partial charge in [0.05, 0.1) is 12.5 Å². The Morgan fingerprint density at radius 1 is 1.21 bits per heavy atom. The minimum absolute atomic E-state index is 0.152. The molecule has 1 aromatic carbocycles. The number of likely N-dealkylation sites (tertiary alicyclic amines) is 1. The van der Waals surface area contributed by atoms with Gasteiger partial charge in [0, 0.05) is 25.4 Å². The van der Waals surface area contributed by atoms with E-state index in [0.29, 0.717) is 5.91 Å². The number of hydrogen-bond acceptors (Lipinski definition) is 4. The number of carbonyl (C=O) groups excluding carboxylic acids is 1. The number of amides is 1. The summed E-state index contributed by atoms with van der Waals surface area (Å²) in [7, 11) is 1.67. The number of ether oxygens (including phenoxy) is 1. The fraction of sp³-hybridized carbons (Fsp3) is 0.609. The zero-order valence-corrected chi connectivity index (χ0v) is 17.4. The summed E-state index contributed by atoms with van der Waals surface area (Å²) in [5.41, 5.74) is 0.936. The highest BCUT2D eigenvalue weighted by Crippen LogP contribution is 2.56. The molecule has 1 saturated heterocycles. The summed E-state index contributed by atoms with van der Waals surface area (Å²) >= 11 is 0. The second-order valence-electron chi connectivity index (χ2n) is 9.11. The Morgan fingerprint density at radius 2 is 1.93 bits per heavy atom. The Labute approximate surface area is 172 Å². The van der Waals surface area contributed by atoms with Gasteiger partial charge in [-0.1, -0.05) is 31.9 Å². The van der Waals surface area contributed by atoms with Crippen molar-refractivity contribution in [2.45, 2.75) is 63.2 Å². The van der Waals surface area contributed by atoms with Gasteiger partial charge in [-0.15, -0.1) is 0 Å². The van der Waals surface area contributed by atoms with E-state index in [4.69, 9.17) is 9.72 Å². The molecule has 0 bridgehead atoms. The van der Waals surface area contributed by atoms with Crippen molar-refractivity contribution in [2.24, 2.45) is 5.41 Å². The Kier molecular flexibility index (Phi) is 4.41. The van der Waals surface area contributed by atoms with Gasteiger partial charge >= 0.3 is 0 Å². The highest BCUT2D eigenvalue weighted by Gasteiger charge is 2.58. The smallest absolute Gasteiger partial charge is 0.233 e. The first-order valence-corrected chi connectivity index (χ1v) is 11.0. The molecule has 5 rings (SSSR count). The van der Waals surface area contributed by atoms with E-state index < -0.39 is 0 Å². The Balaban J connectivity index is 1.41. The largest absolute Gasteiger partial charge is 0.497 e. The van der Waals surface area contributed by atoms with Gasteiger partial charge in [0.25, 0.3) is 0 Å². The summed E-state index contributed by atoms with van der Waals surface area (Å²) in [6, 6.07) is 8.05. The van der Waals surface area contributed by atoms with Crippen molar-refractivity contribution in [2.75, 3.05) is 20.2 Å². The molecular formula is C23H30N4O2. The van der Waals surface area contributed by atoms with Gasteiger partial charge in [-0.3, -0.25) is 9.89 Å². The summed E-state index contributed by atoms with van der Waals surface area (Å²) in [5.74, 6) is 3.22. The van der Waals surface area contributed by atoms with Crippen LogP contribution in [-0.4, -0.2) is 46.2 Å². The first-order valence-electron chi connectivity index (χ1n) is 11.0. The van der Waals surface area contributed by atoms with E-state index in [1.165, 1.54) is 25.7 Å². The number of carbonyl (C=O) groups is 1. The Morgan fingerprint density at radius 3 is 2.52 bits per heavy atom. The van der Waals surface area contributed by atoms with Gasteiger partial charge < -0.3 is 9.64 Å². The second kappa shape index (κ2) is 6.85. The van der Waals surface area contributed by atoms with Crippen LogP contribution in [0.1, 0.15) is 68.6 Å². The van der Waals surface area contributed by atoms with Crippen molar-refractivity contribution in [3.05, 3.63) is 41.5 Å². The quantitative estimate of drug-likeness (QED) is 0.841. The molecule has 2 aromatic rings. The topological polar surface area (TPSA) is 71.1 Å². The van der Waals surface area contributed by atoms with Crippen molar-refractivity contribution in [1.29, 1.82) is 0 Å². The fourth-order valence-electron chi connectivity index (χ4n) is 5.65. The van der Waals surface area contributed by atoms with Gasteiger partial charge in [0.15, 0.2) is 5.82 Å². The monoisotopic (exact) mass is 394 g/mol.